The molecule has 1 N–H and O–H groups in total. The van der Waals surface area contributed by atoms with Crippen LogP contribution in [0.3, 0.4) is 0 Å². The maximum Gasteiger partial charge on any atom is 0.246 e. The average molecular weight is 298 g/mol. The summed E-state index contributed by atoms with van der Waals surface area (Å²) in [6.07, 6.45) is 6.39. The zero-order chi connectivity index (χ0) is 13.3. The summed E-state index contributed by atoms with van der Waals surface area (Å²) < 4.78 is 26.4. The summed E-state index contributed by atoms with van der Waals surface area (Å²) in [4.78, 5) is 4.53. The Hall–Kier alpha value is -1.25. The molecule has 1 aliphatic heterocycles. The second kappa shape index (κ2) is 5.03. The predicted octanol–water partition coefficient (Wildman–Crippen LogP) is 1.43. The fourth-order valence-electron chi connectivity index (χ4n) is 2.33. The van der Waals surface area contributed by atoms with Gasteiger partial charge in [0, 0.05) is 36.8 Å². The molecule has 1 aliphatic rings. The number of piperidine rings is 1. The van der Waals surface area contributed by atoms with E-state index in [1.165, 1.54) is 16.7 Å². The van der Waals surface area contributed by atoms with Gasteiger partial charge in [0.1, 0.15) is 4.90 Å². The molecule has 0 bridgehead atoms. The lowest BCUT2D eigenvalue weighted by molar-refractivity contribution is 0.315. The van der Waals surface area contributed by atoms with Crippen molar-refractivity contribution in [2.24, 2.45) is 0 Å². The lowest BCUT2D eigenvalue weighted by Gasteiger charge is -2.30. The molecular weight excluding hydrogens is 284 g/mol. The van der Waals surface area contributed by atoms with Crippen molar-refractivity contribution in [1.29, 1.82) is 0 Å². The third-order valence-electron chi connectivity index (χ3n) is 3.30. The summed E-state index contributed by atoms with van der Waals surface area (Å²) in [7, 11) is -3.43. The molecule has 19 heavy (non-hydrogen) atoms. The van der Waals surface area contributed by atoms with E-state index >= 15 is 0 Å². The van der Waals surface area contributed by atoms with Gasteiger partial charge in [0.2, 0.25) is 10.0 Å². The van der Waals surface area contributed by atoms with Crippen LogP contribution in [0.25, 0.3) is 0 Å². The van der Waals surface area contributed by atoms with E-state index in [4.69, 9.17) is 0 Å². The highest BCUT2D eigenvalue weighted by atomic mass is 32.2. The number of rotatable bonds is 3. The van der Waals surface area contributed by atoms with Gasteiger partial charge in [0.15, 0.2) is 0 Å². The van der Waals surface area contributed by atoms with Crippen LogP contribution in [-0.4, -0.2) is 41.0 Å². The Bertz CT molecular complexity index is 622. The van der Waals surface area contributed by atoms with Gasteiger partial charge in [-0.3, -0.25) is 5.10 Å². The highest BCUT2D eigenvalue weighted by Gasteiger charge is 2.32. The number of aromatic nitrogens is 3. The molecule has 0 aliphatic carbocycles. The molecule has 1 atom stereocenters. The minimum absolute atomic E-state index is 0.204. The van der Waals surface area contributed by atoms with Crippen molar-refractivity contribution in [1.82, 2.24) is 19.5 Å². The van der Waals surface area contributed by atoms with E-state index in [1.807, 2.05) is 5.38 Å². The molecule has 8 heteroatoms. The molecule has 0 radical (unpaired) electrons. The van der Waals surface area contributed by atoms with Crippen molar-refractivity contribution in [3.05, 3.63) is 29.0 Å². The van der Waals surface area contributed by atoms with Crippen LogP contribution in [0.15, 0.2) is 28.9 Å². The first-order valence-corrected chi connectivity index (χ1v) is 8.38. The molecule has 0 saturated carbocycles. The lowest BCUT2D eigenvalue weighted by atomic mass is 10.0. The summed E-state index contributed by atoms with van der Waals surface area (Å²) in [5, 5.41) is 9.21. The standard InChI is InChI=1S/C11H14N4O2S2/c16-19(17,10-6-13-14-7-10)15-4-1-2-9(8-15)11-12-3-5-18-11/h3,5-7,9H,1-2,4,8H2,(H,13,14)/t9-/m1/s1. The highest BCUT2D eigenvalue weighted by Crippen LogP contribution is 2.30. The van der Waals surface area contributed by atoms with E-state index in [0.29, 0.717) is 13.1 Å². The second-order valence-corrected chi connectivity index (χ2v) is 7.37. The molecule has 102 valence electrons. The van der Waals surface area contributed by atoms with Crippen molar-refractivity contribution in [2.75, 3.05) is 13.1 Å². The van der Waals surface area contributed by atoms with Crippen LogP contribution in [-0.2, 0) is 10.0 Å². The van der Waals surface area contributed by atoms with Crippen LogP contribution >= 0.6 is 11.3 Å². The molecule has 0 amide bonds. The van der Waals surface area contributed by atoms with Gasteiger partial charge in [-0.1, -0.05) is 0 Å². The maximum atomic E-state index is 12.4. The number of aromatic amines is 1. The molecular formula is C11H14N4O2S2. The van der Waals surface area contributed by atoms with Gasteiger partial charge in [-0.05, 0) is 12.8 Å². The molecule has 3 rings (SSSR count). The fourth-order valence-corrected chi connectivity index (χ4v) is 4.53. The number of thiazole rings is 1. The summed E-state index contributed by atoms with van der Waals surface area (Å²) in [5.41, 5.74) is 0. The van der Waals surface area contributed by atoms with Gasteiger partial charge in [-0.15, -0.1) is 11.3 Å². The number of nitrogens with zero attached hydrogens (tertiary/aromatic N) is 3. The Morgan fingerprint density at radius 3 is 3.05 bits per heavy atom. The van der Waals surface area contributed by atoms with Crippen LogP contribution < -0.4 is 0 Å². The molecule has 1 saturated heterocycles. The zero-order valence-electron chi connectivity index (χ0n) is 10.2. The predicted molar refractivity (Wildman–Crippen MR) is 71.4 cm³/mol. The molecule has 2 aromatic heterocycles. The molecule has 0 spiro atoms. The Morgan fingerprint density at radius 1 is 1.47 bits per heavy atom. The molecule has 1 fully saturated rings. The van der Waals surface area contributed by atoms with Crippen LogP contribution in [0.2, 0.25) is 0 Å². The third-order valence-corrected chi connectivity index (χ3v) is 6.06. The topological polar surface area (TPSA) is 79.0 Å². The van der Waals surface area contributed by atoms with E-state index in [0.717, 1.165) is 17.8 Å². The third kappa shape index (κ3) is 2.43. The second-order valence-electron chi connectivity index (χ2n) is 4.51. The Kier molecular flexibility index (Phi) is 3.38. The number of hydrogen-bond acceptors (Lipinski definition) is 5. The zero-order valence-corrected chi connectivity index (χ0v) is 11.8. The van der Waals surface area contributed by atoms with Gasteiger partial charge < -0.3 is 0 Å². The Balaban J connectivity index is 1.82. The first-order chi connectivity index (χ1) is 9.18. The SMILES string of the molecule is O=S(=O)(c1cn[nH]c1)N1CCC[C@@H](c2nccs2)C1. The smallest absolute Gasteiger partial charge is 0.246 e. The summed E-state index contributed by atoms with van der Waals surface area (Å²) >= 11 is 1.59. The van der Waals surface area contributed by atoms with Crippen molar-refractivity contribution >= 4 is 21.4 Å². The summed E-state index contributed by atoms with van der Waals surface area (Å²) in [5.74, 6) is 0.204. The van der Waals surface area contributed by atoms with Crippen molar-refractivity contribution in [3.63, 3.8) is 0 Å². The summed E-state index contributed by atoms with van der Waals surface area (Å²) in [6, 6.07) is 0. The van der Waals surface area contributed by atoms with E-state index in [2.05, 4.69) is 15.2 Å². The molecule has 0 unspecified atom stereocenters. The minimum Gasteiger partial charge on any atom is -0.284 e. The van der Waals surface area contributed by atoms with Crippen molar-refractivity contribution < 1.29 is 8.42 Å². The Labute approximate surface area is 115 Å². The highest BCUT2D eigenvalue weighted by molar-refractivity contribution is 7.89. The van der Waals surface area contributed by atoms with Gasteiger partial charge >= 0.3 is 0 Å². The number of hydrogen-bond donors (Lipinski definition) is 1. The minimum atomic E-state index is -3.43. The van der Waals surface area contributed by atoms with Crippen molar-refractivity contribution in [3.8, 4) is 0 Å². The van der Waals surface area contributed by atoms with E-state index < -0.39 is 10.0 Å². The lowest BCUT2D eigenvalue weighted by Crippen LogP contribution is -2.38. The van der Waals surface area contributed by atoms with E-state index in [-0.39, 0.29) is 10.8 Å². The molecule has 0 aromatic carbocycles. The largest absolute Gasteiger partial charge is 0.284 e. The number of nitrogens with one attached hydrogen (secondary N) is 1. The van der Waals surface area contributed by atoms with Gasteiger partial charge in [0.05, 0.1) is 11.2 Å². The van der Waals surface area contributed by atoms with Crippen LogP contribution in [0.5, 0.6) is 0 Å². The first kappa shape index (κ1) is 12.8. The molecule has 2 aromatic rings. The van der Waals surface area contributed by atoms with E-state index in [1.54, 1.807) is 17.5 Å². The normalized spacial score (nSPS) is 21.6. The van der Waals surface area contributed by atoms with Crippen LogP contribution in [0.4, 0.5) is 0 Å². The Morgan fingerprint density at radius 2 is 2.37 bits per heavy atom. The van der Waals surface area contributed by atoms with Crippen molar-refractivity contribution in [2.45, 2.75) is 23.7 Å². The quantitative estimate of drug-likeness (QED) is 0.930. The number of H-pyrrole nitrogens is 1. The van der Waals surface area contributed by atoms with Crippen LogP contribution in [0.1, 0.15) is 23.8 Å². The first-order valence-electron chi connectivity index (χ1n) is 6.06. The van der Waals surface area contributed by atoms with Crippen LogP contribution in [0, 0.1) is 0 Å². The molecule has 6 nitrogen and oxygen atoms in total. The van der Waals surface area contributed by atoms with Gasteiger partial charge in [0.25, 0.3) is 0 Å². The van der Waals surface area contributed by atoms with Gasteiger partial charge in [-0.2, -0.15) is 9.40 Å². The monoisotopic (exact) mass is 298 g/mol. The summed E-state index contributed by atoms with van der Waals surface area (Å²) in [6.45, 7) is 1.07. The van der Waals surface area contributed by atoms with E-state index in [9.17, 15) is 8.42 Å². The molecule has 3 heterocycles. The van der Waals surface area contributed by atoms with Gasteiger partial charge in [-0.25, -0.2) is 13.4 Å². The average Bonchev–Trinajstić information content (AvgIpc) is 3.12. The fraction of sp³-hybridized carbons (Fsp3) is 0.455. The maximum absolute atomic E-state index is 12.4. The number of sulfonamides is 1.